The zero-order valence-electron chi connectivity index (χ0n) is 18.3. The van der Waals surface area contributed by atoms with Gasteiger partial charge in [0, 0.05) is 23.1 Å². The van der Waals surface area contributed by atoms with Crippen LogP contribution in [0.1, 0.15) is 43.5 Å². The van der Waals surface area contributed by atoms with Crippen molar-refractivity contribution < 1.29 is 0 Å². The molecule has 0 saturated carbocycles. The molecule has 29 heavy (non-hydrogen) atoms. The number of hydrogen-bond acceptors (Lipinski definition) is 2. The topological polar surface area (TPSA) is 6.48 Å². The normalized spacial score (nSPS) is 14.3. The highest BCUT2D eigenvalue weighted by atomic mass is 15.1. The molecule has 1 unspecified atom stereocenters. The third kappa shape index (κ3) is 3.95. The predicted molar refractivity (Wildman–Crippen MR) is 124 cm³/mol. The van der Waals surface area contributed by atoms with Crippen LogP contribution in [0.25, 0.3) is 0 Å². The summed E-state index contributed by atoms with van der Waals surface area (Å²) in [6.45, 7) is 6.93. The molecular formula is C27H32N2. The Balaban J connectivity index is 1.74. The van der Waals surface area contributed by atoms with Gasteiger partial charge in [-0.25, -0.2) is 0 Å². The van der Waals surface area contributed by atoms with E-state index in [0.29, 0.717) is 6.04 Å². The van der Waals surface area contributed by atoms with Gasteiger partial charge in [0.15, 0.2) is 0 Å². The maximum atomic E-state index is 2.37. The van der Waals surface area contributed by atoms with Gasteiger partial charge in [0.2, 0.25) is 0 Å². The van der Waals surface area contributed by atoms with Crippen molar-refractivity contribution in [3.63, 3.8) is 0 Å². The molecule has 0 aromatic heterocycles. The monoisotopic (exact) mass is 384 g/mol. The van der Waals surface area contributed by atoms with Gasteiger partial charge in [-0.15, -0.1) is 0 Å². The molecule has 1 atom stereocenters. The highest BCUT2D eigenvalue weighted by Crippen LogP contribution is 2.40. The summed E-state index contributed by atoms with van der Waals surface area (Å²) in [4.78, 5) is 4.69. The SMILES string of the molecule is CN(C)C(c1ccc(N(c2ccccc2)c2ccc3c(c2)CC3)cc1)C(C)(C)C. The molecule has 0 fully saturated rings. The summed E-state index contributed by atoms with van der Waals surface area (Å²) in [6.07, 6.45) is 2.41. The maximum Gasteiger partial charge on any atom is 0.0464 e. The Hall–Kier alpha value is -2.58. The van der Waals surface area contributed by atoms with E-state index in [9.17, 15) is 0 Å². The van der Waals surface area contributed by atoms with Gasteiger partial charge in [-0.05, 0) is 85.4 Å². The summed E-state index contributed by atoms with van der Waals surface area (Å²) >= 11 is 0. The van der Waals surface area contributed by atoms with Crippen molar-refractivity contribution in [1.29, 1.82) is 0 Å². The Morgan fingerprint density at radius 3 is 1.79 bits per heavy atom. The molecule has 150 valence electrons. The van der Waals surface area contributed by atoms with Crippen molar-refractivity contribution in [2.75, 3.05) is 19.0 Å². The second-order valence-electron chi connectivity index (χ2n) is 9.45. The quantitative estimate of drug-likeness (QED) is 0.472. The Bertz CT molecular complexity index is 966. The van der Waals surface area contributed by atoms with E-state index < -0.39 is 0 Å². The van der Waals surface area contributed by atoms with Gasteiger partial charge < -0.3 is 9.80 Å². The van der Waals surface area contributed by atoms with E-state index >= 15 is 0 Å². The minimum atomic E-state index is 0.172. The number of nitrogens with zero attached hydrogens (tertiary/aromatic N) is 2. The first-order valence-corrected chi connectivity index (χ1v) is 10.6. The van der Waals surface area contributed by atoms with Gasteiger partial charge in [0.05, 0.1) is 0 Å². The maximum absolute atomic E-state index is 2.37. The molecule has 4 rings (SSSR count). The predicted octanol–water partition coefficient (Wildman–Crippen LogP) is 6.90. The van der Waals surface area contributed by atoms with Crippen molar-refractivity contribution in [3.8, 4) is 0 Å². The molecule has 2 nitrogen and oxygen atoms in total. The molecule has 0 radical (unpaired) electrons. The van der Waals surface area contributed by atoms with Crippen molar-refractivity contribution in [2.24, 2.45) is 5.41 Å². The van der Waals surface area contributed by atoms with Gasteiger partial charge in [-0.1, -0.05) is 57.2 Å². The fourth-order valence-corrected chi connectivity index (χ4v) is 4.72. The lowest BCUT2D eigenvalue weighted by atomic mass is 9.81. The fourth-order valence-electron chi connectivity index (χ4n) is 4.72. The Morgan fingerprint density at radius 1 is 0.690 bits per heavy atom. The van der Waals surface area contributed by atoms with Crippen LogP contribution < -0.4 is 4.90 Å². The minimum Gasteiger partial charge on any atom is -0.310 e. The van der Waals surface area contributed by atoms with E-state index in [1.54, 1.807) is 0 Å². The van der Waals surface area contributed by atoms with E-state index in [4.69, 9.17) is 0 Å². The molecule has 0 N–H and O–H groups in total. The van der Waals surface area contributed by atoms with Crippen LogP contribution in [0.2, 0.25) is 0 Å². The van der Waals surface area contributed by atoms with Crippen LogP contribution >= 0.6 is 0 Å². The zero-order chi connectivity index (χ0) is 20.6. The number of rotatable bonds is 5. The van der Waals surface area contributed by atoms with Crippen molar-refractivity contribution in [1.82, 2.24) is 4.90 Å². The third-order valence-corrected chi connectivity index (χ3v) is 5.93. The number of anilines is 3. The lowest BCUT2D eigenvalue weighted by Gasteiger charge is -2.37. The van der Waals surface area contributed by atoms with Crippen LogP contribution in [-0.2, 0) is 12.8 Å². The lowest BCUT2D eigenvalue weighted by molar-refractivity contribution is 0.154. The first-order valence-electron chi connectivity index (χ1n) is 10.6. The number of para-hydroxylation sites is 1. The largest absolute Gasteiger partial charge is 0.310 e. The van der Waals surface area contributed by atoms with Gasteiger partial charge >= 0.3 is 0 Å². The van der Waals surface area contributed by atoms with Gasteiger partial charge in [-0.3, -0.25) is 0 Å². The fraction of sp³-hybridized carbons (Fsp3) is 0.333. The molecule has 0 amide bonds. The van der Waals surface area contributed by atoms with Crippen LogP contribution in [0.3, 0.4) is 0 Å². The van der Waals surface area contributed by atoms with Crippen LogP contribution in [0, 0.1) is 5.41 Å². The van der Waals surface area contributed by atoms with E-state index in [1.165, 1.54) is 46.6 Å². The molecule has 0 aliphatic heterocycles. The average molecular weight is 385 g/mol. The number of benzene rings is 3. The Labute approximate surface area is 175 Å². The molecular weight excluding hydrogens is 352 g/mol. The first-order chi connectivity index (χ1) is 13.8. The molecule has 2 heteroatoms. The smallest absolute Gasteiger partial charge is 0.0464 e. The summed E-state index contributed by atoms with van der Waals surface area (Å²) in [5, 5.41) is 0. The van der Waals surface area contributed by atoms with E-state index in [0.717, 1.165) is 0 Å². The number of hydrogen-bond donors (Lipinski definition) is 0. The molecule has 0 bridgehead atoms. The number of fused-ring (bicyclic) bond motifs is 1. The second kappa shape index (κ2) is 7.68. The summed E-state index contributed by atoms with van der Waals surface area (Å²) < 4.78 is 0. The van der Waals surface area contributed by atoms with Crippen LogP contribution in [0.5, 0.6) is 0 Å². The standard InChI is InChI=1S/C27H32N2/c1-27(2,3)26(28(4)5)21-14-16-24(17-15-21)29(23-9-7-6-8-10-23)25-18-13-20-11-12-22(20)19-25/h6-10,13-19,26H,11-12H2,1-5H3. The van der Waals surface area contributed by atoms with Crippen molar-refractivity contribution in [3.05, 3.63) is 89.5 Å². The molecule has 0 spiro atoms. The molecule has 0 saturated heterocycles. The molecule has 0 heterocycles. The van der Waals surface area contributed by atoms with E-state index in [-0.39, 0.29) is 5.41 Å². The highest BCUT2D eigenvalue weighted by Gasteiger charge is 2.28. The van der Waals surface area contributed by atoms with Crippen molar-refractivity contribution >= 4 is 17.1 Å². The third-order valence-electron chi connectivity index (χ3n) is 5.93. The van der Waals surface area contributed by atoms with Crippen molar-refractivity contribution in [2.45, 2.75) is 39.7 Å². The average Bonchev–Trinajstić information content (AvgIpc) is 2.65. The molecule has 3 aromatic carbocycles. The van der Waals surface area contributed by atoms with Gasteiger partial charge in [0.25, 0.3) is 0 Å². The molecule has 1 aliphatic carbocycles. The first kappa shape index (κ1) is 19.7. The Kier molecular flexibility index (Phi) is 5.23. The summed E-state index contributed by atoms with van der Waals surface area (Å²) in [6, 6.07) is 27.1. The zero-order valence-corrected chi connectivity index (χ0v) is 18.3. The number of aryl methyl sites for hydroxylation is 2. The van der Waals surface area contributed by atoms with E-state index in [2.05, 4.69) is 117 Å². The van der Waals surface area contributed by atoms with E-state index in [1.807, 2.05) is 0 Å². The van der Waals surface area contributed by atoms with Crippen LogP contribution in [0.15, 0.2) is 72.8 Å². The summed E-state index contributed by atoms with van der Waals surface area (Å²) in [5.74, 6) is 0. The van der Waals surface area contributed by atoms with Gasteiger partial charge in [-0.2, -0.15) is 0 Å². The molecule has 1 aliphatic rings. The Morgan fingerprint density at radius 2 is 1.28 bits per heavy atom. The highest BCUT2D eigenvalue weighted by molar-refractivity contribution is 5.77. The van der Waals surface area contributed by atoms with Crippen LogP contribution in [0.4, 0.5) is 17.1 Å². The lowest BCUT2D eigenvalue weighted by Crippen LogP contribution is -2.31. The molecule has 3 aromatic rings. The van der Waals surface area contributed by atoms with Gasteiger partial charge in [0.1, 0.15) is 0 Å². The second-order valence-corrected chi connectivity index (χ2v) is 9.45. The summed E-state index contributed by atoms with van der Waals surface area (Å²) in [5.41, 5.74) is 8.15. The summed E-state index contributed by atoms with van der Waals surface area (Å²) in [7, 11) is 4.34. The minimum absolute atomic E-state index is 0.172. The van der Waals surface area contributed by atoms with Crippen LogP contribution in [-0.4, -0.2) is 19.0 Å².